The van der Waals surface area contributed by atoms with Crippen molar-refractivity contribution in [1.82, 2.24) is 4.72 Å². The summed E-state index contributed by atoms with van der Waals surface area (Å²) in [6, 6.07) is 6.64. The van der Waals surface area contributed by atoms with Gasteiger partial charge in [-0.1, -0.05) is 19.1 Å². The van der Waals surface area contributed by atoms with Crippen LogP contribution in [0, 0.1) is 0 Å². The molecule has 0 amide bonds. The highest BCUT2D eigenvalue weighted by atomic mass is 32.2. The number of hydrogen-bond donors (Lipinski definition) is 1. The van der Waals surface area contributed by atoms with Crippen LogP contribution in [0.3, 0.4) is 0 Å². The first-order valence-electron chi connectivity index (χ1n) is 4.67. The van der Waals surface area contributed by atoms with E-state index in [1.807, 2.05) is 0 Å². The van der Waals surface area contributed by atoms with Gasteiger partial charge in [-0.15, -0.1) is 0 Å². The molecule has 0 unspecified atom stereocenters. The standard InChI is InChI=1S/C10H15NO3S/c1-3-11-15(12,13)10-6-4-9(5-7-10)8-14-2/h4-7,11H,3,8H2,1-2H3. The van der Waals surface area contributed by atoms with Crippen LogP contribution in [0.15, 0.2) is 29.2 Å². The topological polar surface area (TPSA) is 55.4 Å². The number of benzene rings is 1. The smallest absolute Gasteiger partial charge is 0.240 e. The first kappa shape index (κ1) is 12.2. The van der Waals surface area contributed by atoms with Crippen LogP contribution in [0.25, 0.3) is 0 Å². The third-order valence-corrected chi connectivity index (χ3v) is 3.44. The van der Waals surface area contributed by atoms with Crippen LogP contribution < -0.4 is 4.72 Å². The molecule has 84 valence electrons. The van der Waals surface area contributed by atoms with Crippen molar-refractivity contribution in [3.05, 3.63) is 29.8 Å². The molecule has 4 nitrogen and oxygen atoms in total. The van der Waals surface area contributed by atoms with Gasteiger partial charge in [0, 0.05) is 13.7 Å². The molecule has 0 aliphatic carbocycles. The second-order valence-electron chi connectivity index (χ2n) is 3.08. The van der Waals surface area contributed by atoms with Crippen molar-refractivity contribution in [3.63, 3.8) is 0 Å². The molecule has 0 fully saturated rings. The van der Waals surface area contributed by atoms with Crippen LogP contribution in [0.2, 0.25) is 0 Å². The first-order chi connectivity index (χ1) is 7.10. The number of methoxy groups -OCH3 is 1. The minimum atomic E-state index is -3.33. The summed E-state index contributed by atoms with van der Waals surface area (Å²) >= 11 is 0. The Kier molecular flexibility index (Phi) is 4.26. The summed E-state index contributed by atoms with van der Waals surface area (Å²) in [4.78, 5) is 0.282. The molecule has 0 atom stereocenters. The summed E-state index contributed by atoms with van der Waals surface area (Å²) < 4.78 is 30.5. The second-order valence-corrected chi connectivity index (χ2v) is 4.85. The largest absolute Gasteiger partial charge is 0.380 e. The Labute approximate surface area is 90.3 Å². The van der Waals surface area contributed by atoms with Gasteiger partial charge in [0.05, 0.1) is 11.5 Å². The molecule has 0 saturated heterocycles. The Hall–Kier alpha value is -0.910. The van der Waals surface area contributed by atoms with E-state index < -0.39 is 10.0 Å². The molecule has 15 heavy (non-hydrogen) atoms. The normalized spacial score (nSPS) is 11.6. The van der Waals surface area contributed by atoms with E-state index in [0.717, 1.165) is 5.56 Å². The predicted molar refractivity (Wildman–Crippen MR) is 58.0 cm³/mol. The van der Waals surface area contributed by atoms with Crippen molar-refractivity contribution in [2.24, 2.45) is 0 Å². The third-order valence-electron chi connectivity index (χ3n) is 1.88. The van der Waals surface area contributed by atoms with E-state index in [4.69, 9.17) is 4.74 Å². The summed E-state index contributed by atoms with van der Waals surface area (Å²) in [5.74, 6) is 0. The van der Waals surface area contributed by atoms with Gasteiger partial charge in [0.1, 0.15) is 0 Å². The van der Waals surface area contributed by atoms with Crippen LogP contribution in [-0.4, -0.2) is 22.1 Å². The highest BCUT2D eigenvalue weighted by Gasteiger charge is 2.11. The molecule has 0 saturated carbocycles. The van der Waals surface area contributed by atoms with E-state index in [2.05, 4.69) is 4.72 Å². The Morgan fingerprint density at radius 3 is 2.33 bits per heavy atom. The van der Waals surface area contributed by atoms with E-state index in [9.17, 15) is 8.42 Å². The Morgan fingerprint density at radius 2 is 1.87 bits per heavy atom. The van der Waals surface area contributed by atoms with Gasteiger partial charge in [0.25, 0.3) is 0 Å². The van der Waals surface area contributed by atoms with Crippen LogP contribution in [0.1, 0.15) is 12.5 Å². The average molecular weight is 229 g/mol. The molecule has 0 aliphatic heterocycles. The number of nitrogens with one attached hydrogen (secondary N) is 1. The highest BCUT2D eigenvalue weighted by Crippen LogP contribution is 2.10. The fourth-order valence-electron chi connectivity index (χ4n) is 1.20. The van der Waals surface area contributed by atoms with Gasteiger partial charge in [-0.2, -0.15) is 0 Å². The average Bonchev–Trinajstić information content (AvgIpc) is 2.19. The van der Waals surface area contributed by atoms with E-state index in [1.165, 1.54) is 0 Å². The van der Waals surface area contributed by atoms with Gasteiger partial charge < -0.3 is 4.74 Å². The molecule has 5 heteroatoms. The fourth-order valence-corrected chi connectivity index (χ4v) is 2.25. The van der Waals surface area contributed by atoms with Crippen molar-refractivity contribution in [3.8, 4) is 0 Å². The number of hydrogen-bond acceptors (Lipinski definition) is 3. The number of sulfonamides is 1. The summed E-state index contributed by atoms with van der Waals surface area (Å²) in [5.41, 5.74) is 0.952. The summed E-state index contributed by atoms with van der Waals surface area (Å²) in [6.07, 6.45) is 0. The monoisotopic (exact) mass is 229 g/mol. The second kappa shape index (κ2) is 5.25. The lowest BCUT2D eigenvalue weighted by atomic mass is 10.2. The molecular weight excluding hydrogens is 214 g/mol. The molecular formula is C10H15NO3S. The fraction of sp³-hybridized carbons (Fsp3) is 0.400. The van der Waals surface area contributed by atoms with Crippen LogP contribution in [0.5, 0.6) is 0 Å². The zero-order valence-electron chi connectivity index (χ0n) is 8.86. The Bertz CT molecular complexity index is 397. The molecule has 1 rings (SSSR count). The molecule has 0 heterocycles. The molecule has 0 aliphatic rings. The quantitative estimate of drug-likeness (QED) is 0.823. The molecule has 1 N–H and O–H groups in total. The van der Waals surface area contributed by atoms with Gasteiger partial charge in [-0.3, -0.25) is 0 Å². The van der Waals surface area contributed by atoms with Crippen molar-refractivity contribution >= 4 is 10.0 Å². The van der Waals surface area contributed by atoms with Crippen LogP contribution >= 0.6 is 0 Å². The maximum Gasteiger partial charge on any atom is 0.240 e. The van der Waals surface area contributed by atoms with E-state index in [0.29, 0.717) is 13.2 Å². The molecule has 0 radical (unpaired) electrons. The lowest BCUT2D eigenvalue weighted by Gasteiger charge is -2.05. The summed E-state index contributed by atoms with van der Waals surface area (Å²) in [7, 11) is -1.73. The molecule has 0 aromatic heterocycles. The lowest BCUT2D eigenvalue weighted by molar-refractivity contribution is 0.185. The van der Waals surface area contributed by atoms with E-state index in [1.54, 1.807) is 38.3 Å². The molecule has 0 spiro atoms. The maximum absolute atomic E-state index is 11.6. The minimum absolute atomic E-state index is 0.282. The van der Waals surface area contributed by atoms with Gasteiger partial charge in [0.2, 0.25) is 10.0 Å². The molecule has 0 bridgehead atoms. The van der Waals surface area contributed by atoms with Gasteiger partial charge >= 0.3 is 0 Å². The number of rotatable bonds is 5. The maximum atomic E-state index is 11.6. The zero-order valence-corrected chi connectivity index (χ0v) is 9.67. The van der Waals surface area contributed by atoms with E-state index in [-0.39, 0.29) is 4.90 Å². The summed E-state index contributed by atoms with van der Waals surface area (Å²) in [5, 5.41) is 0. The minimum Gasteiger partial charge on any atom is -0.380 e. The van der Waals surface area contributed by atoms with Gasteiger partial charge in [0.15, 0.2) is 0 Å². The SMILES string of the molecule is CCNS(=O)(=O)c1ccc(COC)cc1. The summed E-state index contributed by atoms with van der Waals surface area (Å²) in [6.45, 7) is 2.63. The van der Waals surface area contributed by atoms with Crippen LogP contribution in [-0.2, 0) is 21.4 Å². The number of ether oxygens (including phenoxy) is 1. The Balaban J connectivity index is 2.89. The molecule has 1 aromatic rings. The first-order valence-corrected chi connectivity index (χ1v) is 6.16. The van der Waals surface area contributed by atoms with Crippen LogP contribution in [0.4, 0.5) is 0 Å². The van der Waals surface area contributed by atoms with Crippen molar-refractivity contribution in [1.29, 1.82) is 0 Å². The Morgan fingerprint density at radius 1 is 1.27 bits per heavy atom. The molecule has 1 aromatic carbocycles. The van der Waals surface area contributed by atoms with Crippen molar-refractivity contribution in [2.75, 3.05) is 13.7 Å². The third kappa shape index (κ3) is 3.30. The van der Waals surface area contributed by atoms with Crippen molar-refractivity contribution < 1.29 is 13.2 Å². The zero-order chi connectivity index (χ0) is 11.3. The predicted octanol–water partition coefficient (Wildman–Crippen LogP) is 1.13. The van der Waals surface area contributed by atoms with Gasteiger partial charge in [-0.05, 0) is 17.7 Å². The highest BCUT2D eigenvalue weighted by molar-refractivity contribution is 7.89. The lowest BCUT2D eigenvalue weighted by Crippen LogP contribution is -2.23. The van der Waals surface area contributed by atoms with Crippen molar-refractivity contribution in [2.45, 2.75) is 18.4 Å². The van der Waals surface area contributed by atoms with Gasteiger partial charge in [-0.25, -0.2) is 13.1 Å². The van der Waals surface area contributed by atoms with E-state index >= 15 is 0 Å².